The van der Waals surface area contributed by atoms with Crippen LogP contribution in [0.5, 0.6) is 5.75 Å². The third kappa shape index (κ3) is 4.59. The molecule has 0 radical (unpaired) electrons. The van der Waals surface area contributed by atoms with Gasteiger partial charge in [0.05, 0.1) is 12.7 Å². The first kappa shape index (κ1) is 22.0. The summed E-state index contributed by atoms with van der Waals surface area (Å²) in [6.07, 6.45) is -0.956. The highest BCUT2D eigenvalue weighted by Crippen LogP contribution is 2.37. The largest absolute Gasteiger partial charge is 0.496 e. The number of carbonyl (C=O) groups excluding carboxylic acids is 2. The number of nitrogens with one attached hydrogen (secondary N) is 1. The molecule has 8 heteroatoms. The second kappa shape index (κ2) is 8.84. The van der Waals surface area contributed by atoms with Crippen molar-refractivity contribution in [2.75, 3.05) is 20.2 Å². The summed E-state index contributed by atoms with van der Waals surface area (Å²) in [7, 11) is 1.15. The van der Waals surface area contributed by atoms with Crippen LogP contribution in [0.2, 0.25) is 0 Å². The van der Waals surface area contributed by atoms with Crippen molar-refractivity contribution in [2.24, 2.45) is 0 Å². The zero-order valence-electron chi connectivity index (χ0n) is 16.5. The number of carbonyl (C=O) groups is 2. The van der Waals surface area contributed by atoms with E-state index in [2.05, 4.69) is 5.32 Å². The predicted octanol–water partition coefficient (Wildman–Crippen LogP) is 4.02. The van der Waals surface area contributed by atoms with Crippen molar-refractivity contribution in [3.8, 4) is 5.75 Å². The fraction of sp³-hybridized carbons (Fsp3) is 0.600. The Balaban J connectivity index is 2.33. The molecule has 1 saturated heterocycles. The van der Waals surface area contributed by atoms with Crippen molar-refractivity contribution >= 4 is 11.8 Å². The van der Waals surface area contributed by atoms with E-state index in [0.717, 1.165) is 38.5 Å². The molecule has 0 saturated carbocycles. The molecule has 0 bridgehead atoms. The first-order valence-electron chi connectivity index (χ1n) is 9.50. The van der Waals surface area contributed by atoms with Crippen molar-refractivity contribution in [2.45, 2.75) is 57.7 Å². The number of alkyl halides is 3. The van der Waals surface area contributed by atoms with Crippen LogP contribution in [0.3, 0.4) is 0 Å². The van der Waals surface area contributed by atoms with Crippen LogP contribution < -0.4 is 10.1 Å². The molecule has 156 valence electrons. The van der Waals surface area contributed by atoms with Gasteiger partial charge in [-0.25, -0.2) is 0 Å². The number of piperidine rings is 1. The quantitative estimate of drug-likeness (QED) is 0.734. The minimum Gasteiger partial charge on any atom is -0.496 e. The lowest BCUT2D eigenvalue weighted by Crippen LogP contribution is -2.61. The summed E-state index contributed by atoms with van der Waals surface area (Å²) >= 11 is 0. The summed E-state index contributed by atoms with van der Waals surface area (Å²) in [5, 5.41) is 2.85. The summed E-state index contributed by atoms with van der Waals surface area (Å²) in [6, 6.07) is 3.24. The molecule has 1 aliphatic heterocycles. The highest BCUT2D eigenvalue weighted by atomic mass is 19.4. The van der Waals surface area contributed by atoms with Crippen LogP contribution in [-0.4, -0.2) is 42.5 Å². The van der Waals surface area contributed by atoms with Crippen molar-refractivity contribution in [1.82, 2.24) is 10.2 Å². The Morgan fingerprint density at radius 1 is 1.29 bits per heavy atom. The van der Waals surface area contributed by atoms with E-state index in [1.807, 2.05) is 6.92 Å². The van der Waals surface area contributed by atoms with Crippen LogP contribution in [-0.2, 0) is 11.0 Å². The van der Waals surface area contributed by atoms with Gasteiger partial charge in [0.1, 0.15) is 11.3 Å². The molecule has 1 N–H and O–H groups in total. The molecule has 1 aliphatic rings. The third-order valence-corrected chi connectivity index (χ3v) is 5.19. The lowest BCUT2D eigenvalue weighted by atomic mass is 9.86. The highest BCUT2D eigenvalue weighted by molar-refractivity contribution is 5.99. The normalized spacial score (nSPS) is 20.0. The van der Waals surface area contributed by atoms with Gasteiger partial charge in [0, 0.05) is 18.7 Å². The predicted molar refractivity (Wildman–Crippen MR) is 99.2 cm³/mol. The molecule has 1 fully saturated rings. The lowest BCUT2D eigenvalue weighted by Gasteiger charge is -2.43. The standard InChI is InChI=1S/C20H27F3N2O3/c1-4-5-11-24-18(27)19(2)10-6-7-12-25(19)17(26)14-8-9-16(28-3)15(13-14)20(21,22)23/h8-9,13H,4-7,10-12H2,1-3H3,(H,24,27). The molecule has 1 aromatic rings. The number of amides is 2. The smallest absolute Gasteiger partial charge is 0.419 e. The van der Waals surface area contributed by atoms with Crippen LogP contribution >= 0.6 is 0 Å². The van der Waals surface area contributed by atoms with Crippen molar-refractivity contribution in [3.63, 3.8) is 0 Å². The Morgan fingerprint density at radius 3 is 2.61 bits per heavy atom. The fourth-order valence-corrected chi connectivity index (χ4v) is 3.47. The molecular formula is C20H27F3N2O3. The molecule has 1 unspecified atom stereocenters. The van der Waals surface area contributed by atoms with E-state index in [1.165, 1.54) is 11.0 Å². The van der Waals surface area contributed by atoms with Crippen LogP contribution in [0, 0.1) is 0 Å². The third-order valence-electron chi connectivity index (χ3n) is 5.19. The topological polar surface area (TPSA) is 58.6 Å². The number of rotatable bonds is 6. The van der Waals surface area contributed by atoms with E-state index in [-0.39, 0.29) is 17.2 Å². The molecule has 0 spiro atoms. The van der Waals surface area contributed by atoms with Gasteiger partial charge in [0.25, 0.3) is 5.91 Å². The SMILES string of the molecule is CCCCNC(=O)C1(C)CCCCN1C(=O)c1ccc(OC)c(C(F)(F)F)c1. The summed E-state index contributed by atoms with van der Waals surface area (Å²) in [6.45, 7) is 4.52. The van der Waals surface area contributed by atoms with E-state index in [4.69, 9.17) is 4.74 Å². The number of benzene rings is 1. The minimum absolute atomic E-state index is 0.109. The molecule has 1 heterocycles. The van der Waals surface area contributed by atoms with Gasteiger partial charge < -0.3 is 15.0 Å². The maximum atomic E-state index is 13.3. The Labute approximate surface area is 163 Å². The number of hydrogen-bond donors (Lipinski definition) is 1. The molecule has 2 amide bonds. The second-order valence-corrected chi connectivity index (χ2v) is 7.21. The number of hydrogen-bond acceptors (Lipinski definition) is 3. The van der Waals surface area contributed by atoms with Crippen LogP contribution in [0.15, 0.2) is 18.2 Å². The van der Waals surface area contributed by atoms with E-state index in [0.29, 0.717) is 25.9 Å². The van der Waals surface area contributed by atoms with Gasteiger partial charge in [-0.15, -0.1) is 0 Å². The molecule has 0 aliphatic carbocycles. The zero-order valence-corrected chi connectivity index (χ0v) is 16.5. The van der Waals surface area contributed by atoms with Crippen molar-refractivity contribution < 1.29 is 27.5 Å². The van der Waals surface area contributed by atoms with Crippen molar-refractivity contribution in [1.29, 1.82) is 0 Å². The first-order chi connectivity index (χ1) is 13.1. The van der Waals surface area contributed by atoms with Crippen LogP contribution in [0.25, 0.3) is 0 Å². The number of nitrogens with zero attached hydrogens (tertiary/aromatic N) is 1. The Morgan fingerprint density at radius 2 is 2.00 bits per heavy atom. The van der Waals surface area contributed by atoms with E-state index in [1.54, 1.807) is 6.92 Å². The van der Waals surface area contributed by atoms with Crippen LogP contribution in [0.1, 0.15) is 61.9 Å². The lowest BCUT2D eigenvalue weighted by molar-refractivity contribution is -0.139. The monoisotopic (exact) mass is 400 g/mol. The van der Waals surface area contributed by atoms with E-state index >= 15 is 0 Å². The average molecular weight is 400 g/mol. The number of ether oxygens (including phenoxy) is 1. The molecule has 0 aromatic heterocycles. The number of halogens is 3. The molecule has 2 rings (SSSR count). The maximum absolute atomic E-state index is 13.3. The molecular weight excluding hydrogens is 373 g/mol. The summed E-state index contributed by atoms with van der Waals surface area (Å²) in [5.41, 5.74) is -2.20. The van der Waals surface area contributed by atoms with Gasteiger partial charge in [-0.1, -0.05) is 13.3 Å². The molecule has 1 aromatic carbocycles. The number of unbranched alkanes of at least 4 members (excludes halogenated alkanes) is 1. The average Bonchev–Trinajstić information content (AvgIpc) is 2.66. The fourth-order valence-electron chi connectivity index (χ4n) is 3.47. The summed E-state index contributed by atoms with van der Waals surface area (Å²) < 4.78 is 44.7. The van der Waals surface area contributed by atoms with Gasteiger partial charge in [-0.2, -0.15) is 13.2 Å². The minimum atomic E-state index is -4.65. The summed E-state index contributed by atoms with van der Waals surface area (Å²) in [5.74, 6) is -1.19. The highest BCUT2D eigenvalue weighted by Gasteiger charge is 2.44. The van der Waals surface area contributed by atoms with Crippen LogP contribution in [0.4, 0.5) is 13.2 Å². The van der Waals surface area contributed by atoms with Crippen molar-refractivity contribution in [3.05, 3.63) is 29.3 Å². The van der Waals surface area contributed by atoms with E-state index in [9.17, 15) is 22.8 Å². The molecule has 5 nitrogen and oxygen atoms in total. The molecule has 28 heavy (non-hydrogen) atoms. The summed E-state index contributed by atoms with van der Waals surface area (Å²) in [4.78, 5) is 27.2. The zero-order chi connectivity index (χ0) is 20.9. The Hall–Kier alpha value is -2.25. The Kier molecular flexibility index (Phi) is 6.96. The number of methoxy groups -OCH3 is 1. The maximum Gasteiger partial charge on any atom is 0.419 e. The van der Waals surface area contributed by atoms with Gasteiger partial charge in [0.2, 0.25) is 5.91 Å². The van der Waals surface area contributed by atoms with Gasteiger partial charge in [0.15, 0.2) is 0 Å². The van der Waals surface area contributed by atoms with E-state index < -0.39 is 23.2 Å². The Bertz CT molecular complexity index is 721. The molecule has 1 atom stereocenters. The van der Waals surface area contributed by atoms with Gasteiger partial charge in [-0.05, 0) is 50.8 Å². The van der Waals surface area contributed by atoms with Gasteiger partial charge in [-0.3, -0.25) is 9.59 Å². The van der Waals surface area contributed by atoms with Gasteiger partial charge >= 0.3 is 6.18 Å². The second-order valence-electron chi connectivity index (χ2n) is 7.21. The number of likely N-dealkylation sites (tertiary alicyclic amines) is 1. The first-order valence-corrected chi connectivity index (χ1v) is 9.50.